The molecule has 0 spiro atoms. The van der Waals surface area contributed by atoms with E-state index in [1.54, 1.807) is 0 Å². The Labute approximate surface area is 95.3 Å². The summed E-state index contributed by atoms with van der Waals surface area (Å²) >= 11 is 0. The van der Waals surface area contributed by atoms with Gasteiger partial charge in [0.2, 0.25) is 0 Å². The second-order valence-corrected chi connectivity index (χ2v) is 4.63. The third-order valence-electron chi connectivity index (χ3n) is 3.17. The van der Waals surface area contributed by atoms with Crippen LogP contribution in [0.2, 0.25) is 0 Å². The van der Waals surface area contributed by atoms with Crippen molar-refractivity contribution < 1.29 is 0 Å². The van der Waals surface area contributed by atoms with E-state index in [-0.39, 0.29) is 0 Å². The van der Waals surface area contributed by atoms with Gasteiger partial charge in [-0.15, -0.1) is 0 Å². The second-order valence-electron chi connectivity index (χ2n) is 4.63. The van der Waals surface area contributed by atoms with Gasteiger partial charge in [0.1, 0.15) is 5.82 Å². The van der Waals surface area contributed by atoms with Crippen LogP contribution in [0.1, 0.15) is 38.1 Å². The van der Waals surface area contributed by atoms with Crippen LogP contribution in [0.5, 0.6) is 0 Å². The zero-order valence-electron chi connectivity index (χ0n) is 9.61. The lowest BCUT2D eigenvalue weighted by Crippen LogP contribution is -2.00. The van der Waals surface area contributed by atoms with E-state index in [1.165, 1.54) is 24.2 Å². The molecule has 1 aliphatic rings. The summed E-state index contributed by atoms with van der Waals surface area (Å²) in [6.07, 6.45) is 4.80. The van der Waals surface area contributed by atoms with Crippen LogP contribution in [-0.4, -0.2) is 9.55 Å². The lowest BCUT2D eigenvalue weighted by atomic mass is 10.3. The van der Waals surface area contributed by atoms with Crippen molar-refractivity contribution in [2.75, 3.05) is 5.73 Å². The molecular weight excluding hydrogens is 198 g/mol. The van der Waals surface area contributed by atoms with Gasteiger partial charge < -0.3 is 10.3 Å². The Kier molecular flexibility index (Phi) is 2.13. The molecule has 1 heterocycles. The van der Waals surface area contributed by atoms with Gasteiger partial charge in [-0.3, -0.25) is 0 Å². The molecule has 1 fully saturated rings. The molecule has 0 aliphatic heterocycles. The van der Waals surface area contributed by atoms with Crippen LogP contribution in [0.4, 0.5) is 5.69 Å². The average molecular weight is 215 g/mol. The third kappa shape index (κ3) is 1.47. The number of benzene rings is 1. The van der Waals surface area contributed by atoms with E-state index >= 15 is 0 Å². The summed E-state index contributed by atoms with van der Waals surface area (Å²) in [7, 11) is 0. The zero-order valence-corrected chi connectivity index (χ0v) is 9.61. The van der Waals surface area contributed by atoms with Gasteiger partial charge in [0.25, 0.3) is 0 Å². The van der Waals surface area contributed by atoms with E-state index < -0.39 is 0 Å². The Morgan fingerprint density at radius 1 is 1.44 bits per heavy atom. The molecule has 1 aromatic carbocycles. The summed E-state index contributed by atoms with van der Waals surface area (Å²) < 4.78 is 2.41. The number of aromatic nitrogens is 2. The molecule has 1 aromatic heterocycles. The molecule has 84 valence electrons. The fourth-order valence-corrected chi connectivity index (χ4v) is 2.31. The van der Waals surface area contributed by atoms with Crippen LogP contribution in [0.3, 0.4) is 0 Å². The van der Waals surface area contributed by atoms with Crippen LogP contribution >= 0.6 is 0 Å². The monoisotopic (exact) mass is 215 g/mol. The first-order chi connectivity index (χ1) is 7.79. The van der Waals surface area contributed by atoms with Crippen molar-refractivity contribution in [3.05, 3.63) is 24.0 Å². The molecule has 3 nitrogen and oxygen atoms in total. The van der Waals surface area contributed by atoms with Crippen molar-refractivity contribution in [2.24, 2.45) is 0 Å². The summed E-state index contributed by atoms with van der Waals surface area (Å²) in [6.45, 7) is 2.20. The van der Waals surface area contributed by atoms with Crippen molar-refractivity contribution in [1.29, 1.82) is 0 Å². The highest BCUT2D eigenvalue weighted by Gasteiger charge is 2.27. The molecule has 3 heteroatoms. The first kappa shape index (κ1) is 9.70. The molecule has 1 saturated carbocycles. The Morgan fingerprint density at radius 3 is 2.94 bits per heavy atom. The Balaban J connectivity index is 2.20. The average Bonchev–Trinajstić information content (AvgIpc) is 3.02. The summed E-state index contributed by atoms with van der Waals surface area (Å²) in [5.74, 6) is 1.23. The SMILES string of the molecule is CCCc1nc2cc(N)ccc2n1C1CC1. The van der Waals surface area contributed by atoms with E-state index in [0.717, 1.165) is 24.0 Å². The van der Waals surface area contributed by atoms with E-state index in [9.17, 15) is 0 Å². The topological polar surface area (TPSA) is 43.8 Å². The van der Waals surface area contributed by atoms with Crippen LogP contribution in [0, 0.1) is 0 Å². The molecule has 0 atom stereocenters. The van der Waals surface area contributed by atoms with Crippen molar-refractivity contribution in [2.45, 2.75) is 38.6 Å². The minimum atomic E-state index is 0.690. The van der Waals surface area contributed by atoms with Crippen molar-refractivity contribution in [1.82, 2.24) is 9.55 Å². The Bertz CT molecular complexity index is 523. The first-order valence-corrected chi connectivity index (χ1v) is 6.06. The molecule has 16 heavy (non-hydrogen) atoms. The quantitative estimate of drug-likeness (QED) is 0.800. The number of aryl methyl sites for hydroxylation is 1. The Morgan fingerprint density at radius 2 is 2.25 bits per heavy atom. The van der Waals surface area contributed by atoms with Gasteiger partial charge in [-0.2, -0.15) is 0 Å². The van der Waals surface area contributed by atoms with E-state index in [1.807, 2.05) is 12.1 Å². The van der Waals surface area contributed by atoms with Crippen LogP contribution in [0.15, 0.2) is 18.2 Å². The number of rotatable bonds is 3. The zero-order chi connectivity index (χ0) is 11.1. The summed E-state index contributed by atoms with van der Waals surface area (Å²) in [6, 6.07) is 6.75. The highest BCUT2D eigenvalue weighted by molar-refractivity contribution is 5.80. The number of hydrogen-bond acceptors (Lipinski definition) is 2. The van der Waals surface area contributed by atoms with E-state index in [0.29, 0.717) is 6.04 Å². The lowest BCUT2D eigenvalue weighted by molar-refractivity contribution is 0.686. The van der Waals surface area contributed by atoms with E-state index in [2.05, 4.69) is 17.6 Å². The fourth-order valence-electron chi connectivity index (χ4n) is 2.31. The van der Waals surface area contributed by atoms with Crippen LogP contribution in [-0.2, 0) is 6.42 Å². The molecule has 0 unspecified atom stereocenters. The smallest absolute Gasteiger partial charge is 0.110 e. The first-order valence-electron chi connectivity index (χ1n) is 6.06. The van der Waals surface area contributed by atoms with Crippen molar-refractivity contribution in [3.63, 3.8) is 0 Å². The van der Waals surface area contributed by atoms with Crippen molar-refractivity contribution in [3.8, 4) is 0 Å². The molecule has 0 saturated heterocycles. The van der Waals surface area contributed by atoms with Crippen molar-refractivity contribution >= 4 is 16.7 Å². The lowest BCUT2D eigenvalue weighted by Gasteiger charge is -2.06. The number of nitrogens with zero attached hydrogens (tertiary/aromatic N) is 2. The number of imidazole rings is 1. The molecular formula is C13H17N3. The van der Waals surface area contributed by atoms with Gasteiger partial charge in [-0.1, -0.05) is 6.92 Å². The molecule has 2 N–H and O–H groups in total. The molecule has 2 aromatic rings. The maximum absolute atomic E-state index is 5.80. The second kappa shape index (κ2) is 3.51. The highest BCUT2D eigenvalue weighted by atomic mass is 15.1. The minimum Gasteiger partial charge on any atom is -0.399 e. The number of anilines is 1. The number of nitrogens with two attached hydrogens (primary N) is 1. The van der Waals surface area contributed by atoms with Crippen LogP contribution < -0.4 is 5.73 Å². The fraction of sp³-hybridized carbons (Fsp3) is 0.462. The third-order valence-corrected chi connectivity index (χ3v) is 3.17. The molecule has 0 radical (unpaired) electrons. The van der Waals surface area contributed by atoms with Gasteiger partial charge in [0.15, 0.2) is 0 Å². The Hall–Kier alpha value is -1.51. The van der Waals surface area contributed by atoms with Gasteiger partial charge in [0, 0.05) is 18.2 Å². The standard InChI is InChI=1S/C13H17N3/c1-2-3-13-15-11-8-9(14)4-7-12(11)16(13)10-5-6-10/h4,7-8,10H,2-3,5-6,14H2,1H3. The van der Waals surface area contributed by atoms with Gasteiger partial charge in [-0.25, -0.2) is 4.98 Å². The largest absolute Gasteiger partial charge is 0.399 e. The predicted molar refractivity (Wildman–Crippen MR) is 66.4 cm³/mol. The normalized spacial score (nSPS) is 15.8. The van der Waals surface area contributed by atoms with E-state index in [4.69, 9.17) is 10.7 Å². The number of fused-ring (bicyclic) bond motifs is 1. The maximum atomic E-state index is 5.80. The molecule has 3 rings (SSSR count). The minimum absolute atomic E-state index is 0.690. The molecule has 0 bridgehead atoms. The van der Waals surface area contributed by atoms with Gasteiger partial charge in [0.05, 0.1) is 11.0 Å². The number of hydrogen-bond donors (Lipinski definition) is 1. The highest BCUT2D eigenvalue weighted by Crippen LogP contribution is 2.39. The van der Waals surface area contributed by atoms with Gasteiger partial charge >= 0.3 is 0 Å². The maximum Gasteiger partial charge on any atom is 0.110 e. The van der Waals surface area contributed by atoms with Crippen LogP contribution in [0.25, 0.3) is 11.0 Å². The summed E-state index contributed by atoms with van der Waals surface area (Å²) in [4.78, 5) is 4.71. The summed E-state index contributed by atoms with van der Waals surface area (Å²) in [5.41, 5.74) is 8.90. The molecule has 1 aliphatic carbocycles. The molecule has 0 amide bonds. The summed E-state index contributed by atoms with van der Waals surface area (Å²) in [5, 5.41) is 0. The van der Waals surface area contributed by atoms with Gasteiger partial charge in [-0.05, 0) is 37.5 Å². The predicted octanol–water partition coefficient (Wildman–Crippen LogP) is 2.91. The number of nitrogen functional groups attached to an aromatic ring is 1.